The van der Waals surface area contributed by atoms with Crippen LogP contribution in [0.2, 0.25) is 0 Å². The van der Waals surface area contributed by atoms with Crippen LogP contribution in [0, 0.1) is 23.2 Å². The van der Waals surface area contributed by atoms with Gasteiger partial charge < -0.3 is 10.5 Å². The van der Waals surface area contributed by atoms with Crippen molar-refractivity contribution in [2.24, 2.45) is 23.5 Å². The van der Waals surface area contributed by atoms with Crippen molar-refractivity contribution < 1.29 is 4.74 Å². The van der Waals surface area contributed by atoms with Gasteiger partial charge in [-0.1, -0.05) is 27.2 Å². The lowest BCUT2D eigenvalue weighted by Gasteiger charge is -2.37. The van der Waals surface area contributed by atoms with E-state index in [4.69, 9.17) is 15.9 Å². The summed E-state index contributed by atoms with van der Waals surface area (Å²) >= 11 is 0. The molecule has 0 amide bonds. The number of nitrogens with one attached hydrogen (secondary N) is 1. The molecule has 0 aromatic carbocycles. The number of aromatic nitrogens is 1. The summed E-state index contributed by atoms with van der Waals surface area (Å²) in [6.45, 7) is 6.80. The van der Waals surface area contributed by atoms with E-state index in [1.165, 1.54) is 12.8 Å². The maximum absolute atomic E-state index is 7.49. The van der Waals surface area contributed by atoms with Gasteiger partial charge in [-0.3, -0.25) is 5.41 Å². The molecule has 4 heteroatoms. The van der Waals surface area contributed by atoms with Crippen molar-refractivity contribution >= 4 is 5.84 Å². The maximum atomic E-state index is 7.49. The van der Waals surface area contributed by atoms with Crippen LogP contribution in [0.5, 0.6) is 5.88 Å². The van der Waals surface area contributed by atoms with Crippen molar-refractivity contribution in [2.45, 2.75) is 46.1 Å². The van der Waals surface area contributed by atoms with Gasteiger partial charge in [-0.15, -0.1) is 0 Å². The first kappa shape index (κ1) is 14.8. The normalized spacial score (nSPS) is 26.5. The van der Waals surface area contributed by atoms with Crippen LogP contribution in [0.15, 0.2) is 18.3 Å². The van der Waals surface area contributed by atoms with Crippen LogP contribution in [0.1, 0.15) is 45.6 Å². The Balaban J connectivity index is 2.13. The van der Waals surface area contributed by atoms with Gasteiger partial charge in [-0.2, -0.15) is 0 Å². The summed E-state index contributed by atoms with van der Waals surface area (Å²) in [6.07, 6.45) is 5.45. The van der Waals surface area contributed by atoms with Crippen molar-refractivity contribution in [1.82, 2.24) is 4.98 Å². The van der Waals surface area contributed by atoms with Crippen LogP contribution in [0.4, 0.5) is 0 Å². The van der Waals surface area contributed by atoms with Gasteiger partial charge in [0.05, 0.1) is 0 Å². The zero-order chi connectivity index (χ0) is 14.7. The summed E-state index contributed by atoms with van der Waals surface area (Å²) in [5.41, 5.74) is 6.18. The molecule has 3 N–H and O–H groups in total. The van der Waals surface area contributed by atoms with Gasteiger partial charge in [0, 0.05) is 17.8 Å². The summed E-state index contributed by atoms with van der Waals surface area (Å²) in [7, 11) is 0. The van der Waals surface area contributed by atoms with E-state index in [0.717, 1.165) is 6.42 Å². The van der Waals surface area contributed by atoms with E-state index in [1.54, 1.807) is 18.3 Å². The van der Waals surface area contributed by atoms with Crippen LogP contribution in [-0.4, -0.2) is 16.9 Å². The number of rotatable bonds is 4. The third-order valence-corrected chi connectivity index (χ3v) is 4.28. The van der Waals surface area contributed by atoms with Crippen LogP contribution >= 0.6 is 0 Å². The van der Waals surface area contributed by atoms with Crippen LogP contribution in [0.25, 0.3) is 0 Å². The summed E-state index contributed by atoms with van der Waals surface area (Å²) < 4.78 is 6.13. The molecule has 3 atom stereocenters. The predicted molar refractivity (Wildman–Crippen MR) is 81.0 cm³/mol. The van der Waals surface area contributed by atoms with E-state index in [9.17, 15) is 0 Å². The lowest BCUT2D eigenvalue weighted by Crippen LogP contribution is -2.36. The van der Waals surface area contributed by atoms with Crippen molar-refractivity contribution in [3.8, 4) is 5.88 Å². The molecule has 0 aliphatic heterocycles. The number of nitrogen functional groups attached to an aromatic ring is 1. The van der Waals surface area contributed by atoms with E-state index in [-0.39, 0.29) is 11.9 Å². The molecule has 110 valence electrons. The molecule has 4 nitrogen and oxygen atoms in total. The molecular weight excluding hydrogens is 250 g/mol. The molecule has 0 spiro atoms. The first-order chi connectivity index (χ1) is 9.47. The third kappa shape index (κ3) is 3.50. The molecule has 1 saturated carbocycles. The highest BCUT2D eigenvalue weighted by atomic mass is 16.5. The largest absolute Gasteiger partial charge is 0.474 e. The fraction of sp³-hybridized carbons (Fsp3) is 0.625. The number of hydrogen-bond acceptors (Lipinski definition) is 3. The Kier molecular flexibility index (Phi) is 4.63. The molecule has 1 fully saturated rings. The predicted octanol–water partition coefficient (Wildman–Crippen LogP) is 3.21. The third-order valence-electron chi connectivity index (χ3n) is 4.28. The van der Waals surface area contributed by atoms with Gasteiger partial charge >= 0.3 is 0 Å². The molecule has 0 radical (unpaired) electrons. The highest BCUT2D eigenvalue weighted by Gasteiger charge is 2.32. The molecule has 1 aliphatic rings. The number of pyridine rings is 1. The Morgan fingerprint density at radius 3 is 2.85 bits per heavy atom. The van der Waals surface area contributed by atoms with E-state index >= 15 is 0 Å². The summed E-state index contributed by atoms with van der Waals surface area (Å²) in [5, 5.41) is 7.49. The highest BCUT2D eigenvalue weighted by Crippen LogP contribution is 2.35. The second kappa shape index (κ2) is 6.25. The molecule has 3 unspecified atom stereocenters. The number of ether oxygens (including phenoxy) is 1. The van der Waals surface area contributed by atoms with Crippen LogP contribution in [0.3, 0.4) is 0 Å². The Morgan fingerprint density at radius 1 is 1.45 bits per heavy atom. The minimum Gasteiger partial charge on any atom is -0.474 e. The number of nitrogens with zero attached hydrogens (tertiary/aromatic N) is 1. The minimum absolute atomic E-state index is 0.0506. The summed E-state index contributed by atoms with van der Waals surface area (Å²) in [4.78, 5) is 4.26. The molecule has 1 aliphatic carbocycles. The lowest BCUT2D eigenvalue weighted by atomic mass is 9.75. The van der Waals surface area contributed by atoms with Crippen molar-refractivity contribution in [1.29, 1.82) is 5.41 Å². The van der Waals surface area contributed by atoms with E-state index < -0.39 is 0 Å². The Hall–Kier alpha value is -1.58. The standard InChI is InChI=1S/C16H25N3O/c1-10(2)13-5-4-11(3)8-14(13)20-15-9-12(16(17)18)6-7-19-15/h6-7,9-11,13-14H,4-5,8H2,1-3H3,(H3,17,18). The average Bonchev–Trinajstić information content (AvgIpc) is 2.38. The van der Waals surface area contributed by atoms with Crippen molar-refractivity contribution in [2.75, 3.05) is 0 Å². The second-order valence-corrected chi connectivity index (χ2v) is 6.28. The van der Waals surface area contributed by atoms with Gasteiger partial charge in [0.25, 0.3) is 0 Å². The molecule has 1 aromatic rings. The second-order valence-electron chi connectivity index (χ2n) is 6.28. The Bertz CT molecular complexity index is 473. The number of amidine groups is 1. The molecule has 1 aromatic heterocycles. The van der Waals surface area contributed by atoms with Crippen LogP contribution < -0.4 is 10.5 Å². The first-order valence-electron chi connectivity index (χ1n) is 7.44. The topological polar surface area (TPSA) is 72.0 Å². The van der Waals surface area contributed by atoms with Gasteiger partial charge in [0.2, 0.25) is 5.88 Å². The Labute approximate surface area is 121 Å². The van der Waals surface area contributed by atoms with E-state index in [2.05, 4.69) is 25.8 Å². The van der Waals surface area contributed by atoms with E-state index in [0.29, 0.717) is 29.2 Å². The zero-order valence-corrected chi connectivity index (χ0v) is 12.6. The molecular formula is C16H25N3O. The molecule has 2 rings (SSSR count). The van der Waals surface area contributed by atoms with Gasteiger partial charge in [0.1, 0.15) is 11.9 Å². The van der Waals surface area contributed by atoms with Crippen molar-refractivity contribution in [3.63, 3.8) is 0 Å². The van der Waals surface area contributed by atoms with E-state index in [1.807, 2.05) is 0 Å². The zero-order valence-electron chi connectivity index (χ0n) is 12.6. The Morgan fingerprint density at radius 2 is 2.20 bits per heavy atom. The molecule has 0 saturated heterocycles. The van der Waals surface area contributed by atoms with Crippen molar-refractivity contribution in [3.05, 3.63) is 23.9 Å². The minimum atomic E-state index is 0.0506. The average molecular weight is 275 g/mol. The van der Waals surface area contributed by atoms with Gasteiger partial charge in [-0.25, -0.2) is 4.98 Å². The van der Waals surface area contributed by atoms with Crippen LogP contribution in [-0.2, 0) is 0 Å². The summed E-state index contributed by atoms with van der Waals surface area (Å²) in [5.74, 6) is 2.53. The highest BCUT2D eigenvalue weighted by molar-refractivity contribution is 5.95. The number of nitrogens with two attached hydrogens (primary N) is 1. The molecule has 1 heterocycles. The maximum Gasteiger partial charge on any atom is 0.214 e. The van der Waals surface area contributed by atoms with Gasteiger partial charge in [-0.05, 0) is 36.7 Å². The molecule has 0 bridgehead atoms. The lowest BCUT2D eigenvalue weighted by molar-refractivity contribution is 0.0426. The molecule has 20 heavy (non-hydrogen) atoms. The number of hydrogen-bond donors (Lipinski definition) is 2. The quantitative estimate of drug-likeness (QED) is 0.654. The van der Waals surface area contributed by atoms with Gasteiger partial charge in [0.15, 0.2) is 0 Å². The SMILES string of the molecule is CC1CCC(C(C)C)C(Oc2cc(C(=N)N)ccn2)C1. The summed E-state index contributed by atoms with van der Waals surface area (Å²) in [6, 6.07) is 3.50. The first-order valence-corrected chi connectivity index (χ1v) is 7.44. The fourth-order valence-electron chi connectivity index (χ4n) is 3.05. The fourth-order valence-corrected chi connectivity index (χ4v) is 3.05. The monoisotopic (exact) mass is 275 g/mol. The smallest absolute Gasteiger partial charge is 0.214 e.